The van der Waals surface area contributed by atoms with Crippen molar-refractivity contribution in [1.82, 2.24) is 4.90 Å². The Morgan fingerprint density at radius 3 is 2.50 bits per heavy atom. The molecule has 1 aliphatic rings. The summed E-state index contributed by atoms with van der Waals surface area (Å²) in [5.74, 6) is 0.747. The van der Waals surface area contributed by atoms with Crippen molar-refractivity contribution < 1.29 is 17.9 Å². The number of rotatable bonds is 5. The standard InChI is InChI=1S/C20H23BrN2O4S/c1-14-9-11-23(12-10-14)20(24)16-13-15(7-8-19(16)27-2)28(25,26)22-18-6-4-3-5-17(18)21/h3-8,13-14,22H,9-12H2,1-2H3. The predicted molar refractivity (Wildman–Crippen MR) is 112 cm³/mol. The van der Waals surface area contributed by atoms with Crippen LogP contribution in [-0.2, 0) is 10.0 Å². The van der Waals surface area contributed by atoms with E-state index >= 15 is 0 Å². The average Bonchev–Trinajstić information content (AvgIpc) is 2.69. The summed E-state index contributed by atoms with van der Waals surface area (Å²) in [5, 5.41) is 0. The maximum Gasteiger partial charge on any atom is 0.261 e. The molecule has 0 unspecified atom stereocenters. The number of sulfonamides is 1. The molecule has 0 spiro atoms. The zero-order chi connectivity index (χ0) is 20.3. The molecular formula is C20H23BrN2O4S. The molecule has 2 aromatic rings. The van der Waals surface area contributed by atoms with Gasteiger partial charge >= 0.3 is 0 Å². The molecule has 0 bridgehead atoms. The molecule has 1 N–H and O–H groups in total. The van der Waals surface area contributed by atoms with E-state index in [-0.39, 0.29) is 16.4 Å². The van der Waals surface area contributed by atoms with Gasteiger partial charge in [0.05, 0.1) is 23.3 Å². The van der Waals surface area contributed by atoms with Crippen molar-refractivity contribution in [3.05, 3.63) is 52.5 Å². The van der Waals surface area contributed by atoms with Gasteiger partial charge in [-0.05, 0) is 65.0 Å². The quantitative estimate of drug-likeness (QED) is 0.718. The van der Waals surface area contributed by atoms with Crippen LogP contribution in [-0.4, -0.2) is 39.4 Å². The van der Waals surface area contributed by atoms with Gasteiger partial charge in [0, 0.05) is 17.6 Å². The number of anilines is 1. The summed E-state index contributed by atoms with van der Waals surface area (Å²) in [6.07, 6.45) is 1.88. The lowest BCUT2D eigenvalue weighted by Gasteiger charge is -2.30. The van der Waals surface area contributed by atoms with Gasteiger partial charge in [0.15, 0.2) is 0 Å². The highest BCUT2D eigenvalue weighted by atomic mass is 79.9. The lowest BCUT2D eigenvalue weighted by molar-refractivity contribution is 0.0693. The monoisotopic (exact) mass is 466 g/mol. The number of piperidine rings is 1. The number of hydrogen-bond acceptors (Lipinski definition) is 4. The molecule has 8 heteroatoms. The Hall–Kier alpha value is -2.06. The van der Waals surface area contributed by atoms with Gasteiger partial charge in [0.25, 0.3) is 15.9 Å². The third-order valence-corrected chi connectivity index (χ3v) is 6.96. The van der Waals surface area contributed by atoms with E-state index in [1.807, 2.05) is 0 Å². The topological polar surface area (TPSA) is 75.7 Å². The number of likely N-dealkylation sites (tertiary alicyclic amines) is 1. The third-order valence-electron chi connectivity index (χ3n) is 4.90. The Balaban J connectivity index is 1.92. The highest BCUT2D eigenvalue weighted by Gasteiger charge is 2.26. The van der Waals surface area contributed by atoms with Gasteiger partial charge in [-0.3, -0.25) is 9.52 Å². The van der Waals surface area contributed by atoms with Gasteiger partial charge in [-0.15, -0.1) is 0 Å². The zero-order valence-electron chi connectivity index (χ0n) is 15.8. The van der Waals surface area contributed by atoms with Crippen LogP contribution in [0.4, 0.5) is 5.69 Å². The fourth-order valence-electron chi connectivity index (χ4n) is 3.15. The van der Waals surface area contributed by atoms with Gasteiger partial charge < -0.3 is 9.64 Å². The van der Waals surface area contributed by atoms with Gasteiger partial charge in [-0.25, -0.2) is 8.42 Å². The van der Waals surface area contributed by atoms with Crippen LogP contribution in [0.25, 0.3) is 0 Å². The maximum atomic E-state index is 13.0. The van der Waals surface area contributed by atoms with E-state index in [4.69, 9.17) is 4.74 Å². The molecule has 0 saturated carbocycles. The first-order chi connectivity index (χ1) is 13.3. The highest BCUT2D eigenvalue weighted by molar-refractivity contribution is 9.10. The summed E-state index contributed by atoms with van der Waals surface area (Å²) >= 11 is 3.33. The second-order valence-corrected chi connectivity index (χ2v) is 9.46. The number of nitrogens with zero attached hydrogens (tertiary/aromatic N) is 1. The third kappa shape index (κ3) is 4.50. The summed E-state index contributed by atoms with van der Waals surface area (Å²) in [6.45, 7) is 3.49. The van der Waals surface area contributed by atoms with Gasteiger partial charge in [-0.2, -0.15) is 0 Å². The first kappa shape index (κ1) is 20.7. The minimum Gasteiger partial charge on any atom is -0.496 e. The fourth-order valence-corrected chi connectivity index (χ4v) is 4.77. The first-order valence-corrected chi connectivity index (χ1v) is 11.3. The van der Waals surface area contributed by atoms with Gasteiger partial charge in [0.1, 0.15) is 5.75 Å². The molecule has 3 rings (SSSR count). The first-order valence-electron chi connectivity index (χ1n) is 9.06. The number of halogens is 1. The molecule has 6 nitrogen and oxygen atoms in total. The average molecular weight is 467 g/mol. The van der Waals surface area contributed by atoms with Crippen molar-refractivity contribution in [2.75, 3.05) is 24.9 Å². The van der Waals surface area contributed by atoms with Crippen molar-refractivity contribution >= 4 is 37.5 Å². The molecule has 28 heavy (non-hydrogen) atoms. The lowest BCUT2D eigenvalue weighted by atomic mass is 9.98. The van der Waals surface area contributed by atoms with Crippen LogP contribution in [0.3, 0.4) is 0 Å². The molecule has 1 aliphatic heterocycles. The van der Waals surface area contributed by atoms with E-state index in [1.165, 1.54) is 25.3 Å². The van der Waals surface area contributed by atoms with Crippen LogP contribution in [0.2, 0.25) is 0 Å². The van der Waals surface area contributed by atoms with E-state index in [9.17, 15) is 13.2 Å². The summed E-state index contributed by atoms with van der Waals surface area (Å²) in [7, 11) is -2.39. The summed E-state index contributed by atoms with van der Waals surface area (Å²) in [6, 6.07) is 11.3. The van der Waals surface area contributed by atoms with E-state index in [1.54, 1.807) is 29.2 Å². The van der Waals surface area contributed by atoms with Crippen LogP contribution < -0.4 is 9.46 Å². The van der Waals surface area contributed by atoms with Crippen LogP contribution >= 0.6 is 15.9 Å². The van der Waals surface area contributed by atoms with Crippen LogP contribution in [0, 0.1) is 5.92 Å². The number of carbonyl (C=O) groups excluding carboxylic acids is 1. The second kappa shape index (κ2) is 8.53. The molecule has 0 aliphatic carbocycles. The van der Waals surface area contributed by atoms with Crippen molar-refractivity contribution in [2.45, 2.75) is 24.7 Å². The van der Waals surface area contributed by atoms with Crippen LogP contribution in [0.15, 0.2) is 51.8 Å². The molecule has 1 saturated heterocycles. The Morgan fingerprint density at radius 1 is 1.18 bits per heavy atom. The minimum absolute atomic E-state index is 0.0118. The van der Waals surface area contributed by atoms with Crippen molar-refractivity contribution in [3.63, 3.8) is 0 Å². The summed E-state index contributed by atoms with van der Waals surface area (Å²) < 4.78 is 34.2. The SMILES string of the molecule is COc1ccc(S(=O)(=O)Nc2ccccc2Br)cc1C(=O)N1CCC(C)CC1. The van der Waals surface area contributed by atoms with Crippen molar-refractivity contribution in [1.29, 1.82) is 0 Å². The van der Waals surface area contributed by atoms with E-state index in [2.05, 4.69) is 27.6 Å². The number of amides is 1. The van der Waals surface area contributed by atoms with Gasteiger partial charge in [-0.1, -0.05) is 19.1 Å². The molecule has 1 heterocycles. The Kier molecular flexibility index (Phi) is 6.30. The maximum absolute atomic E-state index is 13.0. The van der Waals surface area contributed by atoms with Crippen LogP contribution in [0.5, 0.6) is 5.75 Å². The Morgan fingerprint density at radius 2 is 1.86 bits per heavy atom. The number of carbonyl (C=O) groups is 1. The second-order valence-electron chi connectivity index (χ2n) is 6.92. The van der Waals surface area contributed by atoms with E-state index in [0.717, 1.165) is 12.8 Å². The number of nitrogens with one attached hydrogen (secondary N) is 1. The zero-order valence-corrected chi connectivity index (χ0v) is 18.2. The molecule has 0 radical (unpaired) electrons. The number of para-hydroxylation sites is 1. The normalized spacial score (nSPS) is 15.3. The summed E-state index contributed by atoms with van der Waals surface area (Å²) in [5.41, 5.74) is 0.684. The van der Waals surface area contributed by atoms with Crippen molar-refractivity contribution in [3.8, 4) is 5.75 Å². The molecular weight excluding hydrogens is 444 g/mol. The summed E-state index contributed by atoms with van der Waals surface area (Å²) in [4.78, 5) is 14.8. The lowest BCUT2D eigenvalue weighted by Crippen LogP contribution is -2.38. The van der Waals surface area contributed by atoms with Crippen molar-refractivity contribution in [2.24, 2.45) is 5.92 Å². The molecule has 1 fully saturated rings. The van der Waals surface area contributed by atoms with Crippen LogP contribution in [0.1, 0.15) is 30.1 Å². The molecule has 1 amide bonds. The number of hydrogen-bond donors (Lipinski definition) is 1. The van der Waals surface area contributed by atoms with Gasteiger partial charge in [0.2, 0.25) is 0 Å². The number of ether oxygens (including phenoxy) is 1. The molecule has 2 aromatic carbocycles. The predicted octanol–water partition coefficient (Wildman–Crippen LogP) is 4.13. The largest absolute Gasteiger partial charge is 0.496 e. The molecule has 150 valence electrons. The number of benzene rings is 2. The smallest absolute Gasteiger partial charge is 0.261 e. The highest BCUT2D eigenvalue weighted by Crippen LogP contribution is 2.29. The van der Waals surface area contributed by atoms with E-state index in [0.29, 0.717) is 34.9 Å². The molecule has 0 atom stereocenters. The number of methoxy groups -OCH3 is 1. The fraction of sp³-hybridized carbons (Fsp3) is 0.350. The van der Waals surface area contributed by atoms with E-state index < -0.39 is 10.0 Å². The minimum atomic E-state index is -3.86. The molecule has 0 aromatic heterocycles. The Bertz CT molecular complexity index is 970. The Labute approximate surface area is 174 Å².